The molecule has 1 amide bonds. The van der Waals surface area contributed by atoms with Crippen molar-refractivity contribution >= 4 is 6.09 Å². The van der Waals surface area contributed by atoms with Crippen LogP contribution in [0.25, 0.3) is 11.4 Å². The highest BCUT2D eigenvalue weighted by Crippen LogP contribution is 2.22. The molecule has 0 atom stereocenters. The number of likely N-dealkylation sites (tertiary alicyclic amines) is 1. The van der Waals surface area contributed by atoms with Crippen LogP contribution in [0.15, 0.2) is 18.2 Å². The molecule has 0 saturated carbocycles. The van der Waals surface area contributed by atoms with E-state index in [1.807, 2.05) is 12.1 Å². The summed E-state index contributed by atoms with van der Waals surface area (Å²) >= 11 is 0. The van der Waals surface area contributed by atoms with Gasteiger partial charge in [0.15, 0.2) is 0 Å². The van der Waals surface area contributed by atoms with E-state index in [9.17, 15) is 4.79 Å². The number of carbonyl (C=O) groups is 1. The number of carbonyl (C=O) groups excluding carboxylic acids is 1. The predicted molar refractivity (Wildman–Crippen MR) is 75.7 cm³/mol. The third-order valence-electron chi connectivity index (χ3n) is 3.82. The highest BCUT2D eigenvalue weighted by atomic mass is 16.5. The van der Waals surface area contributed by atoms with E-state index < -0.39 is 0 Å². The lowest BCUT2D eigenvalue weighted by Gasteiger charge is -2.36. The number of rotatable bonds is 2. The van der Waals surface area contributed by atoms with Gasteiger partial charge in [0.1, 0.15) is 6.04 Å². The summed E-state index contributed by atoms with van der Waals surface area (Å²) in [7, 11) is 1.38. The van der Waals surface area contributed by atoms with Gasteiger partial charge in [-0.15, -0.1) is 10.2 Å². The number of ether oxygens (including phenoxy) is 1. The normalized spacial score (nSPS) is 14.9. The molecule has 1 saturated heterocycles. The summed E-state index contributed by atoms with van der Waals surface area (Å²) in [6.45, 7) is 5.23. The molecule has 1 fully saturated rings. The maximum Gasteiger partial charge on any atom is 0.409 e. The molecule has 1 aromatic heterocycles. The van der Waals surface area contributed by atoms with E-state index in [1.54, 1.807) is 9.70 Å². The van der Waals surface area contributed by atoms with Crippen LogP contribution in [0.1, 0.15) is 17.2 Å². The summed E-state index contributed by atoms with van der Waals surface area (Å²) in [5, 5.41) is 12.6. The quantitative estimate of drug-likeness (QED) is 0.838. The third-order valence-corrected chi connectivity index (χ3v) is 3.82. The lowest BCUT2D eigenvalue weighted by atomic mass is 10.1. The van der Waals surface area contributed by atoms with Crippen LogP contribution in [0.2, 0.25) is 0 Å². The molecule has 1 aromatic carbocycles. The summed E-state index contributed by atoms with van der Waals surface area (Å²) in [6.07, 6.45) is -0.319. The molecule has 0 N–H and O–H groups in total. The van der Waals surface area contributed by atoms with Crippen molar-refractivity contribution in [1.82, 2.24) is 25.1 Å². The Morgan fingerprint density at radius 1 is 1.29 bits per heavy atom. The summed E-state index contributed by atoms with van der Waals surface area (Å²) < 4.78 is 4.66. The van der Waals surface area contributed by atoms with E-state index in [2.05, 4.69) is 40.1 Å². The number of benzene rings is 1. The number of hydrogen-bond acceptors (Lipinski definition) is 5. The van der Waals surface area contributed by atoms with Gasteiger partial charge >= 0.3 is 6.09 Å². The fraction of sp³-hybridized carbons (Fsp3) is 0.429. The summed E-state index contributed by atoms with van der Waals surface area (Å²) in [4.78, 5) is 14.5. The Kier molecular flexibility index (Phi) is 3.32. The van der Waals surface area contributed by atoms with Gasteiger partial charge in [0.2, 0.25) is 5.82 Å². The smallest absolute Gasteiger partial charge is 0.409 e. The highest BCUT2D eigenvalue weighted by molar-refractivity contribution is 5.68. The first-order valence-corrected chi connectivity index (χ1v) is 6.78. The first-order valence-electron chi connectivity index (χ1n) is 6.78. The average Bonchev–Trinajstić information content (AvgIpc) is 2.89. The van der Waals surface area contributed by atoms with Gasteiger partial charge < -0.3 is 9.64 Å². The SMILES string of the molecule is COC(=O)N1CC(n2nnc(-c3ccc(C)c(C)c3)n2)C1. The zero-order valence-corrected chi connectivity index (χ0v) is 12.3. The number of tetrazole rings is 1. The van der Waals surface area contributed by atoms with Crippen LogP contribution in [-0.2, 0) is 4.74 Å². The Morgan fingerprint density at radius 2 is 2.05 bits per heavy atom. The molecule has 1 aliphatic heterocycles. The summed E-state index contributed by atoms with van der Waals surface area (Å²) in [5.74, 6) is 0.606. The minimum absolute atomic E-state index is 0.0666. The van der Waals surface area contributed by atoms with Crippen LogP contribution < -0.4 is 0 Å². The first-order chi connectivity index (χ1) is 10.1. The van der Waals surface area contributed by atoms with E-state index >= 15 is 0 Å². The topological polar surface area (TPSA) is 73.1 Å². The highest BCUT2D eigenvalue weighted by Gasteiger charge is 2.34. The number of nitrogens with zero attached hydrogens (tertiary/aromatic N) is 5. The Hall–Kier alpha value is -2.44. The Morgan fingerprint density at radius 3 is 2.71 bits per heavy atom. The van der Waals surface area contributed by atoms with Crippen molar-refractivity contribution in [2.24, 2.45) is 0 Å². The third kappa shape index (κ3) is 2.46. The maximum atomic E-state index is 11.3. The molecule has 0 radical (unpaired) electrons. The molecule has 2 heterocycles. The number of aromatic nitrogens is 4. The monoisotopic (exact) mass is 287 g/mol. The first kappa shape index (κ1) is 13.5. The Balaban J connectivity index is 1.73. The van der Waals surface area contributed by atoms with Gasteiger partial charge in [-0.1, -0.05) is 12.1 Å². The Bertz CT molecular complexity index is 676. The Labute approximate surface area is 122 Å². The molecule has 1 aliphatic rings. The molecule has 21 heavy (non-hydrogen) atoms. The van der Waals surface area contributed by atoms with Crippen molar-refractivity contribution in [3.63, 3.8) is 0 Å². The largest absolute Gasteiger partial charge is 0.453 e. The van der Waals surface area contributed by atoms with E-state index in [0.29, 0.717) is 18.9 Å². The van der Waals surface area contributed by atoms with Crippen LogP contribution in [0.3, 0.4) is 0 Å². The number of hydrogen-bond donors (Lipinski definition) is 0. The zero-order chi connectivity index (χ0) is 15.0. The van der Waals surface area contributed by atoms with Gasteiger partial charge in [0, 0.05) is 5.56 Å². The van der Waals surface area contributed by atoms with Gasteiger partial charge in [-0.3, -0.25) is 0 Å². The second kappa shape index (κ2) is 5.16. The van der Waals surface area contributed by atoms with E-state index in [4.69, 9.17) is 0 Å². The van der Waals surface area contributed by atoms with Crippen LogP contribution in [0.5, 0.6) is 0 Å². The molecule has 7 nitrogen and oxygen atoms in total. The van der Waals surface area contributed by atoms with Gasteiger partial charge in [-0.25, -0.2) is 4.79 Å². The van der Waals surface area contributed by atoms with Gasteiger partial charge in [-0.2, -0.15) is 4.80 Å². The second-order valence-electron chi connectivity index (χ2n) is 5.26. The maximum absolute atomic E-state index is 11.3. The number of aryl methyl sites for hydroxylation is 2. The molecule has 0 unspecified atom stereocenters. The predicted octanol–water partition coefficient (Wildman–Crippen LogP) is 1.58. The van der Waals surface area contributed by atoms with Crippen LogP contribution in [0, 0.1) is 13.8 Å². The molecule has 3 rings (SSSR count). The fourth-order valence-electron chi connectivity index (χ4n) is 2.26. The van der Waals surface area contributed by atoms with Crippen molar-refractivity contribution in [3.8, 4) is 11.4 Å². The minimum Gasteiger partial charge on any atom is -0.453 e. The van der Waals surface area contributed by atoms with Crippen LogP contribution >= 0.6 is 0 Å². The van der Waals surface area contributed by atoms with Crippen molar-refractivity contribution in [1.29, 1.82) is 0 Å². The minimum atomic E-state index is -0.319. The number of methoxy groups -OCH3 is 1. The van der Waals surface area contributed by atoms with Crippen LogP contribution in [0.4, 0.5) is 4.79 Å². The summed E-state index contributed by atoms with van der Waals surface area (Å²) in [6, 6.07) is 6.16. The van der Waals surface area contributed by atoms with Crippen molar-refractivity contribution in [3.05, 3.63) is 29.3 Å². The van der Waals surface area contributed by atoms with Crippen molar-refractivity contribution in [2.45, 2.75) is 19.9 Å². The van der Waals surface area contributed by atoms with Gasteiger partial charge in [0.05, 0.1) is 20.2 Å². The zero-order valence-electron chi connectivity index (χ0n) is 12.3. The molecule has 2 aromatic rings. The molecule has 110 valence electrons. The lowest BCUT2D eigenvalue weighted by molar-refractivity contribution is 0.0621. The molecule has 0 bridgehead atoms. The second-order valence-corrected chi connectivity index (χ2v) is 5.26. The summed E-state index contributed by atoms with van der Waals surface area (Å²) in [5.41, 5.74) is 3.39. The molecular weight excluding hydrogens is 270 g/mol. The molecule has 0 spiro atoms. The van der Waals surface area contributed by atoms with E-state index in [0.717, 1.165) is 5.56 Å². The molecule has 0 aliphatic carbocycles. The standard InChI is InChI=1S/C14H17N5O2/c1-9-4-5-11(6-10(9)2)13-15-17-19(16-13)12-7-18(8-12)14(20)21-3/h4-6,12H,7-8H2,1-3H3. The number of amides is 1. The van der Waals surface area contributed by atoms with E-state index in [-0.39, 0.29) is 12.1 Å². The molecule has 7 heteroatoms. The van der Waals surface area contributed by atoms with Crippen molar-refractivity contribution < 1.29 is 9.53 Å². The molecular formula is C14H17N5O2. The van der Waals surface area contributed by atoms with E-state index in [1.165, 1.54) is 18.2 Å². The lowest BCUT2D eigenvalue weighted by Crippen LogP contribution is -2.51. The van der Waals surface area contributed by atoms with Crippen molar-refractivity contribution in [2.75, 3.05) is 20.2 Å². The van der Waals surface area contributed by atoms with Crippen LogP contribution in [-0.4, -0.2) is 51.4 Å². The van der Waals surface area contributed by atoms with Gasteiger partial charge in [0.25, 0.3) is 0 Å². The average molecular weight is 287 g/mol. The fourth-order valence-corrected chi connectivity index (χ4v) is 2.26. The van der Waals surface area contributed by atoms with Gasteiger partial charge in [-0.05, 0) is 36.3 Å².